The third-order valence-electron chi connectivity index (χ3n) is 5.43. The van der Waals surface area contributed by atoms with Gasteiger partial charge in [-0.25, -0.2) is 9.37 Å². The Morgan fingerprint density at radius 2 is 1.93 bits per heavy atom. The Bertz CT molecular complexity index is 786. The van der Waals surface area contributed by atoms with Gasteiger partial charge >= 0.3 is 0 Å². The van der Waals surface area contributed by atoms with Crippen molar-refractivity contribution in [2.45, 2.75) is 31.7 Å². The summed E-state index contributed by atoms with van der Waals surface area (Å²) >= 11 is 0. The van der Waals surface area contributed by atoms with Crippen LogP contribution in [0.5, 0.6) is 0 Å². The van der Waals surface area contributed by atoms with Gasteiger partial charge in [-0.3, -0.25) is 9.69 Å². The SMILES string of the molecule is O=C(CN1CCOCC1)N1CCCCC1c1ncc(Cc2ccc(F)cc2)o1. The predicted octanol–water partition coefficient (Wildman–Crippen LogP) is 2.79. The zero-order valence-corrected chi connectivity index (χ0v) is 16.0. The second-order valence-electron chi connectivity index (χ2n) is 7.46. The number of halogens is 1. The maximum atomic E-state index is 13.1. The number of aromatic nitrogens is 1. The van der Waals surface area contributed by atoms with E-state index in [2.05, 4.69) is 9.88 Å². The number of piperidine rings is 1. The highest BCUT2D eigenvalue weighted by Gasteiger charge is 2.32. The van der Waals surface area contributed by atoms with Crippen LogP contribution in [-0.4, -0.2) is 60.1 Å². The van der Waals surface area contributed by atoms with Crippen molar-refractivity contribution in [3.05, 3.63) is 53.5 Å². The summed E-state index contributed by atoms with van der Waals surface area (Å²) in [5, 5.41) is 0. The summed E-state index contributed by atoms with van der Waals surface area (Å²) in [6.45, 7) is 4.12. The molecule has 0 N–H and O–H groups in total. The Morgan fingerprint density at radius 3 is 2.71 bits per heavy atom. The fraction of sp³-hybridized carbons (Fsp3) is 0.524. The molecule has 2 aliphatic rings. The van der Waals surface area contributed by atoms with E-state index in [0.29, 0.717) is 32.1 Å². The Kier molecular flexibility index (Phi) is 6.02. The summed E-state index contributed by atoms with van der Waals surface area (Å²) < 4.78 is 24.4. The van der Waals surface area contributed by atoms with Crippen LogP contribution in [0.2, 0.25) is 0 Å². The molecule has 0 bridgehead atoms. The molecule has 2 fully saturated rings. The van der Waals surface area contributed by atoms with Crippen molar-refractivity contribution < 1.29 is 18.3 Å². The first-order valence-corrected chi connectivity index (χ1v) is 9.97. The van der Waals surface area contributed by atoms with E-state index in [4.69, 9.17) is 9.15 Å². The number of nitrogens with zero attached hydrogens (tertiary/aromatic N) is 3. The molecule has 1 aromatic heterocycles. The number of hydrogen-bond acceptors (Lipinski definition) is 5. The van der Waals surface area contributed by atoms with E-state index < -0.39 is 0 Å². The van der Waals surface area contributed by atoms with Gasteiger partial charge in [0.2, 0.25) is 11.8 Å². The number of carbonyl (C=O) groups is 1. The van der Waals surface area contributed by atoms with Gasteiger partial charge in [-0.05, 0) is 37.0 Å². The number of morpholine rings is 1. The molecule has 150 valence electrons. The zero-order valence-electron chi connectivity index (χ0n) is 16.0. The topological polar surface area (TPSA) is 58.8 Å². The van der Waals surface area contributed by atoms with Gasteiger partial charge in [0.05, 0.1) is 26.0 Å². The molecule has 1 amide bonds. The molecule has 4 rings (SSSR count). The van der Waals surface area contributed by atoms with Crippen molar-refractivity contribution in [3.8, 4) is 0 Å². The van der Waals surface area contributed by atoms with Gasteiger partial charge in [-0.1, -0.05) is 12.1 Å². The lowest BCUT2D eigenvalue weighted by Crippen LogP contribution is -2.47. The van der Waals surface area contributed by atoms with Crippen molar-refractivity contribution in [2.75, 3.05) is 39.4 Å². The first-order valence-electron chi connectivity index (χ1n) is 9.97. The summed E-state index contributed by atoms with van der Waals surface area (Å²) in [6, 6.07) is 6.27. The van der Waals surface area contributed by atoms with Gasteiger partial charge in [0.25, 0.3) is 0 Å². The van der Waals surface area contributed by atoms with Crippen LogP contribution in [0.4, 0.5) is 4.39 Å². The molecule has 2 saturated heterocycles. The Morgan fingerprint density at radius 1 is 1.14 bits per heavy atom. The highest BCUT2D eigenvalue weighted by atomic mass is 19.1. The third kappa shape index (κ3) is 4.59. The van der Waals surface area contributed by atoms with E-state index in [-0.39, 0.29) is 17.8 Å². The number of hydrogen-bond donors (Lipinski definition) is 0. The van der Waals surface area contributed by atoms with Crippen LogP contribution in [0, 0.1) is 5.82 Å². The molecule has 1 atom stereocenters. The van der Waals surface area contributed by atoms with Crippen molar-refractivity contribution >= 4 is 5.91 Å². The van der Waals surface area contributed by atoms with Crippen LogP contribution in [0.3, 0.4) is 0 Å². The van der Waals surface area contributed by atoms with Crippen LogP contribution in [-0.2, 0) is 16.0 Å². The van der Waals surface area contributed by atoms with Gasteiger partial charge in [-0.2, -0.15) is 0 Å². The number of rotatable bonds is 5. The fourth-order valence-electron chi connectivity index (χ4n) is 3.89. The van der Waals surface area contributed by atoms with E-state index >= 15 is 0 Å². The summed E-state index contributed by atoms with van der Waals surface area (Å²) in [5.41, 5.74) is 0.966. The van der Waals surface area contributed by atoms with Crippen LogP contribution in [0.25, 0.3) is 0 Å². The van der Waals surface area contributed by atoms with Crippen LogP contribution in [0.1, 0.15) is 42.5 Å². The molecule has 7 heteroatoms. The maximum Gasteiger partial charge on any atom is 0.237 e. The number of oxazole rings is 1. The standard InChI is InChI=1S/C21H26FN3O3/c22-17-6-4-16(5-7-17)13-18-14-23-21(28-18)19-3-1-2-8-25(19)20(26)15-24-9-11-27-12-10-24/h4-7,14,19H,1-3,8-13,15H2. The Balaban J connectivity index is 1.43. The van der Waals surface area contributed by atoms with E-state index in [9.17, 15) is 9.18 Å². The minimum atomic E-state index is -0.251. The predicted molar refractivity (Wildman–Crippen MR) is 101 cm³/mol. The van der Waals surface area contributed by atoms with Crippen molar-refractivity contribution in [1.29, 1.82) is 0 Å². The summed E-state index contributed by atoms with van der Waals surface area (Å²) in [5.74, 6) is 1.21. The lowest BCUT2D eigenvalue weighted by Gasteiger charge is -2.36. The van der Waals surface area contributed by atoms with E-state index in [1.165, 1.54) is 12.1 Å². The Hall–Kier alpha value is -2.25. The van der Waals surface area contributed by atoms with Gasteiger partial charge in [0.15, 0.2) is 0 Å². The Labute approximate surface area is 164 Å². The third-order valence-corrected chi connectivity index (χ3v) is 5.43. The van der Waals surface area contributed by atoms with Crippen molar-refractivity contribution in [3.63, 3.8) is 0 Å². The maximum absolute atomic E-state index is 13.1. The summed E-state index contributed by atoms with van der Waals surface area (Å²) in [6.07, 6.45) is 5.21. The largest absolute Gasteiger partial charge is 0.443 e. The van der Waals surface area contributed by atoms with Gasteiger partial charge in [-0.15, -0.1) is 0 Å². The normalized spacial score (nSPS) is 21.0. The molecule has 6 nitrogen and oxygen atoms in total. The zero-order chi connectivity index (χ0) is 19.3. The molecule has 2 aliphatic heterocycles. The number of carbonyl (C=O) groups excluding carboxylic acids is 1. The second-order valence-corrected chi connectivity index (χ2v) is 7.46. The monoisotopic (exact) mass is 387 g/mol. The van der Waals surface area contributed by atoms with E-state index in [0.717, 1.165) is 50.2 Å². The van der Waals surface area contributed by atoms with E-state index in [1.807, 2.05) is 4.90 Å². The van der Waals surface area contributed by atoms with Crippen LogP contribution < -0.4 is 0 Å². The van der Waals surface area contributed by atoms with Crippen LogP contribution >= 0.6 is 0 Å². The molecular formula is C21H26FN3O3. The molecule has 1 unspecified atom stereocenters. The minimum absolute atomic E-state index is 0.107. The molecule has 0 aliphatic carbocycles. The first-order chi connectivity index (χ1) is 13.7. The lowest BCUT2D eigenvalue weighted by molar-refractivity contribution is -0.137. The number of likely N-dealkylation sites (tertiary alicyclic amines) is 1. The smallest absolute Gasteiger partial charge is 0.237 e. The van der Waals surface area contributed by atoms with E-state index in [1.54, 1.807) is 18.3 Å². The summed E-state index contributed by atoms with van der Waals surface area (Å²) in [7, 11) is 0. The molecule has 28 heavy (non-hydrogen) atoms. The fourth-order valence-corrected chi connectivity index (χ4v) is 3.89. The number of ether oxygens (including phenoxy) is 1. The van der Waals surface area contributed by atoms with Gasteiger partial charge < -0.3 is 14.1 Å². The molecular weight excluding hydrogens is 361 g/mol. The highest BCUT2D eigenvalue weighted by Crippen LogP contribution is 2.31. The summed E-state index contributed by atoms with van der Waals surface area (Å²) in [4.78, 5) is 21.5. The highest BCUT2D eigenvalue weighted by molar-refractivity contribution is 5.78. The van der Waals surface area contributed by atoms with Gasteiger partial charge in [0, 0.05) is 26.1 Å². The molecule has 0 radical (unpaired) electrons. The molecule has 3 heterocycles. The van der Waals surface area contributed by atoms with Crippen molar-refractivity contribution in [1.82, 2.24) is 14.8 Å². The molecule has 0 saturated carbocycles. The first kappa shape index (κ1) is 19.1. The molecule has 1 aromatic carbocycles. The van der Waals surface area contributed by atoms with Crippen LogP contribution in [0.15, 0.2) is 34.9 Å². The second kappa shape index (κ2) is 8.84. The number of amides is 1. The average Bonchev–Trinajstić information content (AvgIpc) is 3.19. The minimum Gasteiger partial charge on any atom is -0.443 e. The molecule has 2 aromatic rings. The number of benzene rings is 1. The lowest BCUT2D eigenvalue weighted by atomic mass is 10.0. The van der Waals surface area contributed by atoms with Crippen molar-refractivity contribution in [2.24, 2.45) is 0 Å². The van der Waals surface area contributed by atoms with Gasteiger partial charge in [0.1, 0.15) is 17.6 Å². The average molecular weight is 387 g/mol. The molecule has 0 spiro atoms. The quantitative estimate of drug-likeness (QED) is 0.790.